The third-order valence-electron chi connectivity index (χ3n) is 4.72. The van der Waals surface area contributed by atoms with Gasteiger partial charge in [-0.25, -0.2) is 8.42 Å². The van der Waals surface area contributed by atoms with Crippen molar-refractivity contribution in [1.82, 2.24) is 4.31 Å². The van der Waals surface area contributed by atoms with Crippen molar-refractivity contribution in [2.75, 3.05) is 18.8 Å². The zero-order valence-corrected chi connectivity index (χ0v) is 14.1. The van der Waals surface area contributed by atoms with Crippen LogP contribution in [0.4, 0.5) is 0 Å². The minimum absolute atomic E-state index is 0. The molecular formula is C14H29ClN2O2S. The van der Waals surface area contributed by atoms with Gasteiger partial charge in [0, 0.05) is 19.1 Å². The molecule has 4 nitrogen and oxygen atoms in total. The molecule has 1 heterocycles. The Morgan fingerprint density at radius 2 is 1.80 bits per heavy atom. The number of rotatable bonds is 4. The molecule has 2 rings (SSSR count). The Morgan fingerprint density at radius 3 is 2.40 bits per heavy atom. The van der Waals surface area contributed by atoms with Crippen LogP contribution >= 0.6 is 12.4 Å². The molecule has 120 valence electrons. The Balaban J connectivity index is 0.00000200. The fourth-order valence-electron chi connectivity index (χ4n) is 3.56. The number of nitrogens with zero attached hydrogens (tertiary/aromatic N) is 1. The zero-order valence-electron chi connectivity index (χ0n) is 12.5. The van der Waals surface area contributed by atoms with Gasteiger partial charge < -0.3 is 5.73 Å². The van der Waals surface area contributed by atoms with Gasteiger partial charge in [-0.05, 0) is 37.5 Å². The summed E-state index contributed by atoms with van der Waals surface area (Å²) >= 11 is 0. The largest absolute Gasteiger partial charge is 0.329 e. The van der Waals surface area contributed by atoms with E-state index in [0.29, 0.717) is 30.7 Å². The van der Waals surface area contributed by atoms with Crippen LogP contribution in [0.5, 0.6) is 0 Å². The van der Waals surface area contributed by atoms with Crippen molar-refractivity contribution in [2.24, 2.45) is 17.6 Å². The van der Waals surface area contributed by atoms with Gasteiger partial charge >= 0.3 is 0 Å². The summed E-state index contributed by atoms with van der Waals surface area (Å²) in [4.78, 5) is 0. The Labute approximate surface area is 129 Å². The Bertz CT molecular complexity index is 383. The smallest absolute Gasteiger partial charge is 0.214 e. The van der Waals surface area contributed by atoms with Gasteiger partial charge in [-0.1, -0.05) is 26.2 Å². The normalized spacial score (nSPS) is 29.9. The predicted molar refractivity (Wildman–Crippen MR) is 85.6 cm³/mol. The van der Waals surface area contributed by atoms with Crippen LogP contribution in [0.25, 0.3) is 0 Å². The molecule has 2 unspecified atom stereocenters. The number of nitrogens with two attached hydrogens (primary N) is 1. The third-order valence-corrected chi connectivity index (χ3v) is 6.81. The first kappa shape index (κ1) is 18.2. The maximum absolute atomic E-state index is 12.6. The molecule has 2 fully saturated rings. The minimum Gasteiger partial charge on any atom is -0.329 e. The number of halogens is 1. The highest BCUT2D eigenvalue weighted by molar-refractivity contribution is 7.89. The average Bonchev–Trinajstić information content (AvgIpc) is 2.38. The van der Waals surface area contributed by atoms with Crippen molar-refractivity contribution in [1.29, 1.82) is 0 Å². The summed E-state index contributed by atoms with van der Waals surface area (Å²) in [6.07, 6.45) is 7.70. The quantitative estimate of drug-likeness (QED) is 0.863. The van der Waals surface area contributed by atoms with Crippen molar-refractivity contribution >= 4 is 22.4 Å². The van der Waals surface area contributed by atoms with E-state index in [9.17, 15) is 8.42 Å². The molecule has 0 aromatic heterocycles. The maximum atomic E-state index is 12.6. The first-order chi connectivity index (χ1) is 9.03. The van der Waals surface area contributed by atoms with E-state index in [1.165, 1.54) is 19.3 Å². The van der Waals surface area contributed by atoms with Gasteiger partial charge in [0.15, 0.2) is 0 Å². The molecule has 1 saturated carbocycles. The van der Waals surface area contributed by atoms with Crippen LogP contribution in [0.15, 0.2) is 0 Å². The Hall–Kier alpha value is 0.160. The second-order valence-corrected chi connectivity index (χ2v) is 8.38. The van der Waals surface area contributed by atoms with Gasteiger partial charge in [-0.15, -0.1) is 12.4 Å². The van der Waals surface area contributed by atoms with Crippen molar-refractivity contribution < 1.29 is 8.42 Å². The minimum atomic E-state index is -3.11. The Kier molecular flexibility index (Phi) is 7.25. The molecule has 1 saturated heterocycles. The summed E-state index contributed by atoms with van der Waals surface area (Å²) in [7, 11) is -3.11. The lowest BCUT2D eigenvalue weighted by Gasteiger charge is -2.38. The molecule has 1 aliphatic carbocycles. The van der Waals surface area contributed by atoms with Crippen LogP contribution < -0.4 is 5.73 Å². The molecule has 2 atom stereocenters. The third kappa shape index (κ3) is 4.58. The highest BCUT2D eigenvalue weighted by Gasteiger charge is 2.35. The van der Waals surface area contributed by atoms with Crippen LogP contribution in [0.2, 0.25) is 0 Å². The van der Waals surface area contributed by atoms with Gasteiger partial charge in [0.05, 0.1) is 5.75 Å². The second kappa shape index (κ2) is 7.97. The molecule has 0 amide bonds. The van der Waals surface area contributed by atoms with E-state index in [4.69, 9.17) is 5.73 Å². The number of sulfonamides is 1. The fraction of sp³-hybridized carbons (Fsp3) is 1.00. The summed E-state index contributed by atoms with van der Waals surface area (Å²) in [6.45, 7) is 3.31. The van der Waals surface area contributed by atoms with E-state index in [1.807, 2.05) is 0 Å². The average molecular weight is 325 g/mol. The molecule has 0 radical (unpaired) electrons. The van der Waals surface area contributed by atoms with Crippen LogP contribution in [-0.2, 0) is 10.0 Å². The lowest BCUT2D eigenvalue weighted by molar-refractivity contribution is 0.209. The molecule has 1 aliphatic heterocycles. The van der Waals surface area contributed by atoms with E-state index >= 15 is 0 Å². The molecule has 0 spiro atoms. The van der Waals surface area contributed by atoms with Crippen molar-refractivity contribution in [3.63, 3.8) is 0 Å². The van der Waals surface area contributed by atoms with Gasteiger partial charge in [-0.2, -0.15) is 4.31 Å². The highest BCUT2D eigenvalue weighted by Crippen LogP contribution is 2.29. The van der Waals surface area contributed by atoms with Crippen LogP contribution in [0.1, 0.15) is 51.9 Å². The summed E-state index contributed by atoms with van der Waals surface area (Å²) in [5.41, 5.74) is 5.78. The van der Waals surface area contributed by atoms with Gasteiger partial charge in [-0.3, -0.25) is 0 Å². The van der Waals surface area contributed by atoms with Crippen molar-refractivity contribution in [3.05, 3.63) is 0 Å². The van der Waals surface area contributed by atoms with Crippen molar-refractivity contribution in [2.45, 2.75) is 57.9 Å². The molecule has 0 aromatic rings. The van der Waals surface area contributed by atoms with E-state index in [2.05, 4.69) is 6.92 Å². The molecule has 0 bridgehead atoms. The van der Waals surface area contributed by atoms with Gasteiger partial charge in [0.2, 0.25) is 10.0 Å². The first-order valence-electron chi connectivity index (χ1n) is 7.72. The topological polar surface area (TPSA) is 63.4 Å². The zero-order chi connectivity index (χ0) is 13.9. The molecule has 2 aliphatic rings. The highest BCUT2D eigenvalue weighted by atomic mass is 35.5. The van der Waals surface area contributed by atoms with E-state index in [-0.39, 0.29) is 18.4 Å². The van der Waals surface area contributed by atoms with Crippen molar-refractivity contribution in [3.8, 4) is 0 Å². The maximum Gasteiger partial charge on any atom is 0.214 e. The number of hydrogen-bond donors (Lipinski definition) is 1. The SMILES string of the molecule is CC1CCN(S(=O)(=O)CC2CCCCC2)C(CN)C1.Cl. The molecular weight excluding hydrogens is 296 g/mol. The molecule has 0 aromatic carbocycles. The second-order valence-electron chi connectivity index (χ2n) is 6.41. The summed E-state index contributed by atoms with van der Waals surface area (Å²) in [5, 5.41) is 0. The number of piperidine rings is 1. The summed E-state index contributed by atoms with van der Waals surface area (Å²) < 4.78 is 26.9. The lowest BCUT2D eigenvalue weighted by atomic mass is 9.91. The first-order valence-corrected chi connectivity index (χ1v) is 9.33. The van der Waals surface area contributed by atoms with Crippen LogP contribution in [-0.4, -0.2) is 37.6 Å². The fourth-order valence-corrected chi connectivity index (χ4v) is 5.69. The summed E-state index contributed by atoms with van der Waals surface area (Å²) in [5.74, 6) is 1.31. The Morgan fingerprint density at radius 1 is 1.15 bits per heavy atom. The molecule has 20 heavy (non-hydrogen) atoms. The lowest BCUT2D eigenvalue weighted by Crippen LogP contribution is -2.50. The monoisotopic (exact) mass is 324 g/mol. The van der Waals surface area contributed by atoms with Gasteiger partial charge in [0.25, 0.3) is 0 Å². The van der Waals surface area contributed by atoms with E-state index in [0.717, 1.165) is 25.7 Å². The van der Waals surface area contributed by atoms with E-state index < -0.39 is 10.0 Å². The van der Waals surface area contributed by atoms with Gasteiger partial charge in [0.1, 0.15) is 0 Å². The predicted octanol–water partition coefficient (Wildman–Crippen LogP) is 2.38. The van der Waals surface area contributed by atoms with Crippen LogP contribution in [0.3, 0.4) is 0 Å². The standard InChI is InChI=1S/C14H28N2O2S.ClH/c1-12-7-8-16(14(9-12)10-15)19(17,18)11-13-5-3-2-4-6-13;/h12-14H,2-11,15H2,1H3;1H. The van der Waals surface area contributed by atoms with Crippen LogP contribution in [0, 0.1) is 11.8 Å². The number of hydrogen-bond acceptors (Lipinski definition) is 3. The molecule has 2 N–H and O–H groups in total. The molecule has 6 heteroatoms. The van der Waals surface area contributed by atoms with E-state index in [1.54, 1.807) is 4.31 Å². The summed E-state index contributed by atoms with van der Waals surface area (Å²) in [6, 6.07) is 0.0253.